The molecule has 2 rings (SSSR count). The van der Waals surface area contributed by atoms with Crippen LogP contribution in [0.5, 0.6) is 0 Å². The highest BCUT2D eigenvalue weighted by atomic mass is 32.2. The molecule has 1 aromatic rings. The summed E-state index contributed by atoms with van der Waals surface area (Å²) < 4.78 is 0. The third kappa shape index (κ3) is 4.66. The number of anilines is 1. The topological polar surface area (TPSA) is 41.1 Å². The predicted molar refractivity (Wildman–Crippen MR) is 82.8 cm³/mol. The molecule has 1 unspecified atom stereocenters. The van der Waals surface area contributed by atoms with Gasteiger partial charge in [0.05, 0.1) is 0 Å². The minimum absolute atomic E-state index is 0.123. The van der Waals surface area contributed by atoms with Gasteiger partial charge in [-0.3, -0.25) is 0 Å². The van der Waals surface area contributed by atoms with Crippen LogP contribution in [0, 0.1) is 0 Å². The van der Waals surface area contributed by atoms with E-state index in [1.165, 1.54) is 0 Å². The van der Waals surface area contributed by atoms with E-state index in [4.69, 9.17) is 0 Å². The number of nitrogens with one attached hydrogen (secondary N) is 1. The Balaban J connectivity index is 1.94. The van der Waals surface area contributed by atoms with Crippen LogP contribution >= 0.6 is 11.8 Å². The highest BCUT2D eigenvalue weighted by Crippen LogP contribution is 2.20. The lowest BCUT2D eigenvalue weighted by Gasteiger charge is -2.30. The van der Waals surface area contributed by atoms with Crippen molar-refractivity contribution in [2.75, 3.05) is 23.7 Å². The molecule has 0 saturated carbocycles. The zero-order chi connectivity index (χ0) is 13.9. The zero-order valence-corrected chi connectivity index (χ0v) is 13.1. The average Bonchev–Trinajstić information content (AvgIpc) is 2.36. The fourth-order valence-corrected chi connectivity index (χ4v) is 2.98. The summed E-state index contributed by atoms with van der Waals surface area (Å²) in [6, 6.07) is 0. The predicted octanol–water partition coefficient (Wildman–Crippen LogP) is 2.31. The van der Waals surface area contributed by atoms with Gasteiger partial charge in [-0.2, -0.15) is 11.8 Å². The average molecular weight is 280 g/mol. The van der Waals surface area contributed by atoms with Crippen molar-refractivity contribution >= 4 is 17.7 Å². The minimum Gasteiger partial charge on any atom is -0.339 e. The second-order valence-corrected chi connectivity index (χ2v) is 7.67. The Morgan fingerprint density at radius 2 is 2.05 bits per heavy atom. The van der Waals surface area contributed by atoms with Crippen LogP contribution in [0.3, 0.4) is 0 Å². The van der Waals surface area contributed by atoms with E-state index >= 15 is 0 Å². The summed E-state index contributed by atoms with van der Waals surface area (Å²) >= 11 is 2.02. The molecule has 0 aromatic carbocycles. The standard InChI is InChI=1S/C14H24N4S/c1-11-10-18(5-6-19-11)13-15-7-12(8-16-13)9-17-14(2,3)4/h7-8,11,17H,5-6,9-10H2,1-4H3. The maximum atomic E-state index is 4.50. The first-order valence-corrected chi connectivity index (χ1v) is 7.91. The monoisotopic (exact) mass is 280 g/mol. The Bertz CT molecular complexity index is 399. The van der Waals surface area contributed by atoms with Crippen molar-refractivity contribution in [3.05, 3.63) is 18.0 Å². The molecule has 2 heterocycles. The van der Waals surface area contributed by atoms with Gasteiger partial charge in [0.2, 0.25) is 5.95 Å². The SMILES string of the molecule is CC1CN(c2ncc(CNC(C)(C)C)cn2)CCS1. The van der Waals surface area contributed by atoms with Crippen LogP contribution in [0.1, 0.15) is 33.3 Å². The van der Waals surface area contributed by atoms with Crippen molar-refractivity contribution < 1.29 is 0 Å². The molecule has 1 saturated heterocycles. The van der Waals surface area contributed by atoms with Crippen LogP contribution in [0.2, 0.25) is 0 Å². The van der Waals surface area contributed by atoms with Crippen molar-refractivity contribution in [3.63, 3.8) is 0 Å². The van der Waals surface area contributed by atoms with Gasteiger partial charge in [-0.25, -0.2) is 9.97 Å². The van der Waals surface area contributed by atoms with Gasteiger partial charge in [0.15, 0.2) is 0 Å². The Labute approximate surface area is 120 Å². The van der Waals surface area contributed by atoms with E-state index in [1.54, 1.807) is 0 Å². The van der Waals surface area contributed by atoms with E-state index in [9.17, 15) is 0 Å². The number of nitrogens with zero attached hydrogens (tertiary/aromatic N) is 3. The molecule has 1 fully saturated rings. The summed E-state index contributed by atoms with van der Waals surface area (Å²) in [5.74, 6) is 2.03. The smallest absolute Gasteiger partial charge is 0.225 e. The van der Waals surface area contributed by atoms with Crippen molar-refractivity contribution in [2.24, 2.45) is 0 Å². The molecule has 5 heteroatoms. The fraction of sp³-hybridized carbons (Fsp3) is 0.714. The summed E-state index contributed by atoms with van der Waals surface area (Å²) in [7, 11) is 0. The van der Waals surface area contributed by atoms with E-state index in [-0.39, 0.29) is 5.54 Å². The molecular weight excluding hydrogens is 256 g/mol. The first-order valence-electron chi connectivity index (χ1n) is 6.86. The van der Waals surface area contributed by atoms with Crippen molar-refractivity contribution in [1.82, 2.24) is 15.3 Å². The van der Waals surface area contributed by atoms with Crippen LogP contribution in [0.4, 0.5) is 5.95 Å². The van der Waals surface area contributed by atoms with Crippen molar-refractivity contribution in [1.29, 1.82) is 0 Å². The maximum Gasteiger partial charge on any atom is 0.225 e. The summed E-state index contributed by atoms with van der Waals surface area (Å²) in [5.41, 5.74) is 1.26. The van der Waals surface area contributed by atoms with Crippen LogP contribution in [0.25, 0.3) is 0 Å². The van der Waals surface area contributed by atoms with Crippen LogP contribution in [-0.4, -0.2) is 39.6 Å². The van der Waals surface area contributed by atoms with Crippen LogP contribution in [0.15, 0.2) is 12.4 Å². The van der Waals surface area contributed by atoms with Crippen molar-refractivity contribution in [3.8, 4) is 0 Å². The molecule has 0 radical (unpaired) electrons. The molecule has 1 N–H and O–H groups in total. The molecular formula is C14H24N4S. The second kappa shape index (κ2) is 6.09. The van der Waals surface area contributed by atoms with Gasteiger partial charge in [0.1, 0.15) is 0 Å². The molecule has 1 aromatic heterocycles. The van der Waals surface area contributed by atoms with E-state index < -0.39 is 0 Å². The minimum atomic E-state index is 0.123. The molecule has 0 amide bonds. The summed E-state index contributed by atoms with van der Waals surface area (Å²) in [6.07, 6.45) is 3.88. The van der Waals surface area contributed by atoms with Crippen LogP contribution in [-0.2, 0) is 6.54 Å². The number of hydrogen-bond donors (Lipinski definition) is 1. The Morgan fingerprint density at radius 1 is 1.37 bits per heavy atom. The van der Waals surface area contributed by atoms with Gasteiger partial charge < -0.3 is 10.2 Å². The van der Waals surface area contributed by atoms with Gasteiger partial charge in [-0.1, -0.05) is 6.92 Å². The molecule has 1 aliphatic rings. The quantitative estimate of drug-likeness (QED) is 0.920. The third-order valence-electron chi connectivity index (χ3n) is 3.04. The van der Waals surface area contributed by atoms with Gasteiger partial charge in [0, 0.05) is 54.1 Å². The summed E-state index contributed by atoms with van der Waals surface area (Å²) in [4.78, 5) is 11.3. The highest BCUT2D eigenvalue weighted by molar-refractivity contribution is 8.00. The normalized spacial score (nSPS) is 20.6. The van der Waals surface area contributed by atoms with Gasteiger partial charge in [-0.15, -0.1) is 0 Å². The Hall–Kier alpha value is -0.810. The van der Waals surface area contributed by atoms with Gasteiger partial charge in [0.25, 0.3) is 0 Å². The van der Waals surface area contributed by atoms with E-state index in [1.807, 2.05) is 24.2 Å². The van der Waals surface area contributed by atoms with Crippen molar-refractivity contribution in [2.45, 2.75) is 45.0 Å². The molecule has 0 aliphatic carbocycles. The Kier molecular flexibility index (Phi) is 4.68. The lowest BCUT2D eigenvalue weighted by Crippen LogP contribution is -2.38. The number of rotatable bonds is 3. The zero-order valence-electron chi connectivity index (χ0n) is 12.3. The second-order valence-electron chi connectivity index (χ2n) is 6.12. The highest BCUT2D eigenvalue weighted by Gasteiger charge is 2.18. The van der Waals surface area contributed by atoms with E-state index in [0.717, 1.165) is 36.9 Å². The number of hydrogen-bond acceptors (Lipinski definition) is 5. The third-order valence-corrected chi connectivity index (χ3v) is 4.17. The van der Waals surface area contributed by atoms with Gasteiger partial charge in [-0.05, 0) is 20.8 Å². The molecule has 1 atom stereocenters. The first kappa shape index (κ1) is 14.6. The number of aromatic nitrogens is 2. The van der Waals surface area contributed by atoms with E-state index in [0.29, 0.717) is 5.25 Å². The molecule has 0 bridgehead atoms. The summed E-state index contributed by atoms with van der Waals surface area (Å²) in [5, 5.41) is 4.11. The molecule has 1 aliphatic heterocycles. The molecule has 19 heavy (non-hydrogen) atoms. The number of thioether (sulfide) groups is 1. The maximum absolute atomic E-state index is 4.50. The largest absolute Gasteiger partial charge is 0.339 e. The van der Waals surface area contributed by atoms with Crippen LogP contribution < -0.4 is 10.2 Å². The molecule has 106 valence electrons. The molecule has 4 nitrogen and oxygen atoms in total. The summed E-state index contributed by atoms with van der Waals surface area (Å²) in [6.45, 7) is 11.7. The molecule has 0 spiro atoms. The fourth-order valence-electron chi connectivity index (χ4n) is 1.97. The Morgan fingerprint density at radius 3 is 2.63 bits per heavy atom. The lowest BCUT2D eigenvalue weighted by atomic mass is 10.1. The van der Waals surface area contributed by atoms with Gasteiger partial charge >= 0.3 is 0 Å². The first-order chi connectivity index (χ1) is 8.94. The lowest BCUT2D eigenvalue weighted by molar-refractivity contribution is 0.423. The van der Waals surface area contributed by atoms with E-state index in [2.05, 4.69) is 47.9 Å².